The lowest BCUT2D eigenvalue weighted by Crippen LogP contribution is -2.32. The molecule has 1 saturated heterocycles. The number of nitrogens with zero attached hydrogens (tertiary/aromatic N) is 1. The molecule has 1 N–H and O–H groups in total. The average molecular weight is 392 g/mol. The van der Waals surface area contributed by atoms with Gasteiger partial charge in [0.1, 0.15) is 12.4 Å². The van der Waals surface area contributed by atoms with E-state index in [1.54, 1.807) is 0 Å². The van der Waals surface area contributed by atoms with Crippen LogP contribution in [0.1, 0.15) is 55.2 Å². The minimum Gasteiger partial charge on any atom is -0.488 e. The number of carboxylic acids is 1. The quantitative estimate of drug-likeness (QED) is 0.694. The molecule has 0 bridgehead atoms. The first-order valence-corrected chi connectivity index (χ1v) is 10.7. The monoisotopic (exact) mass is 391 g/mol. The van der Waals surface area contributed by atoms with Gasteiger partial charge in [0, 0.05) is 25.1 Å². The number of carbonyl (C=O) groups is 1. The Balaban J connectivity index is 1.49. The molecule has 0 unspecified atom stereocenters. The van der Waals surface area contributed by atoms with E-state index < -0.39 is 5.97 Å². The molecule has 4 nitrogen and oxygen atoms in total. The van der Waals surface area contributed by atoms with Crippen LogP contribution in [0.25, 0.3) is 5.57 Å². The molecule has 0 amide bonds. The van der Waals surface area contributed by atoms with E-state index in [1.165, 1.54) is 27.8 Å². The SMILES string of the molecule is O=C(O)CCCCCN1CCC(=C2c3ccccc3COc3ccccc32)CC1. The highest BCUT2D eigenvalue weighted by Gasteiger charge is 2.24. The molecule has 4 heteroatoms. The molecule has 2 aliphatic rings. The van der Waals surface area contributed by atoms with Gasteiger partial charge in [-0.2, -0.15) is 0 Å². The lowest BCUT2D eigenvalue weighted by Gasteiger charge is -2.30. The summed E-state index contributed by atoms with van der Waals surface area (Å²) < 4.78 is 6.12. The van der Waals surface area contributed by atoms with Crippen molar-refractivity contribution < 1.29 is 14.6 Å². The zero-order valence-electron chi connectivity index (χ0n) is 16.9. The van der Waals surface area contributed by atoms with Crippen molar-refractivity contribution in [3.05, 3.63) is 70.8 Å². The van der Waals surface area contributed by atoms with Crippen LogP contribution in [0.15, 0.2) is 54.1 Å². The van der Waals surface area contributed by atoms with E-state index in [2.05, 4.69) is 47.4 Å². The summed E-state index contributed by atoms with van der Waals surface area (Å²) in [7, 11) is 0. The molecule has 152 valence electrons. The van der Waals surface area contributed by atoms with E-state index >= 15 is 0 Å². The molecule has 0 saturated carbocycles. The van der Waals surface area contributed by atoms with Crippen molar-refractivity contribution in [1.82, 2.24) is 4.90 Å². The molecule has 0 spiro atoms. The highest BCUT2D eigenvalue weighted by atomic mass is 16.5. The number of aliphatic carboxylic acids is 1. The van der Waals surface area contributed by atoms with E-state index in [0.29, 0.717) is 6.61 Å². The Labute approximate surface area is 172 Å². The molecular formula is C25H29NO3. The predicted octanol–water partition coefficient (Wildman–Crippen LogP) is 5.12. The summed E-state index contributed by atoms with van der Waals surface area (Å²) in [4.78, 5) is 13.1. The minimum absolute atomic E-state index is 0.289. The average Bonchev–Trinajstić information content (AvgIpc) is 2.91. The van der Waals surface area contributed by atoms with Gasteiger partial charge in [-0.3, -0.25) is 4.79 Å². The van der Waals surface area contributed by atoms with Gasteiger partial charge in [0.05, 0.1) is 0 Å². The lowest BCUT2D eigenvalue weighted by atomic mass is 9.86. The summed E-state index contributed by atoms with van der Waals surface area (Å²) in [5, 5.41) is 8.75. The fourth-order valence-electron chi connectivity index (χ4n) is 4.46. The van der Waals surface area contributed by atoms with E-state index in [-0.39, 0.29) is 6.42 Å². The van der Waals surface area contributed by atoms with Gasteiger partial charge in [0.25, 0.3) is 0 Å². The normalized spacial score (nSPS) is 16.6. The number of benzene rings is 2. The maximum atomic E-state index is 10.6. The van der Waals surface area contributed by atoms with Gasteiger partial charge in [-0.25, -0.2) is 0 Å². The van der Waals surface area contributed by atoms with Crippen molar-refractivity contribution in [2.45, 2.75) is 45.1 Å². The fraction of sp³-hybridized carbons (Fsp3) is 0.400. The third kappa shape index (κ3) is 4.70. The van der Waals surface area contributed by atoms with Crippen molar-refractivity contribution in [3.63, 3.8) is 0 Å². The number of fused-ring (bicyclic) bond motifs is 2. The number of likely N-dealkylation sites (tertiary alicyclic amines) is 1. The molecule has 29 heavy (non-hydrogen) atoms. The topological polar surface area (TPSA) is 49.8 Å². The van der Waals surface area contributed by atoms with Crippen LogP contribution in [0.5, 0.6) is 5.75 Å². The maximum absolute atomic E-state index is 10.6. The number of para-hydroxylation sites is 1. The first kappa shape index (κ1) is 19.7. The van der Waals surface area contributed by atoms with E-state index in [1.807, 2.05) is 6.07 Å². The van der Waals surface area contributed by atoms with Crippen molar-refractivity contribution >= 4 is 11.5 Å². The molecule has 2 aliphatic heterocycles. The lowest BCUT2D eigenvalue weighted by molar-refractivity contribution is -0.137. The smallest absolute Gasteiger partial charge is 0.303 e. The second kappa shape index (κ2) is 9.27. The molecule has 2 aromatic carbocycles. The number of rotatable bonds is 6. The van der Waals surface area contributed by atoms with Gasteiger partial charge in [0.15, 0.2) is 0 Å². The highest BCUT2D eigenvalue weighted by Crippen LogP contribution is 2.40. The van der Waals surface area contributed by atoms with E-state index in [4.69, 9.17) is 9.84 Å². The number of hydrogen-bond donors (Lipinski definition) is 1. The Kier molecular flexibility index (Phi) is 6.30. The molecule has 2 heterocycles. The van der Waals surface area contributed by atoms with Crippen molar-refractivity contribution in [2.75, 3.05) is 19.6 Å². The first-order chi connectivity index (χ1) is 14.2. The van der Waals surface area contributed by atoms with Crippen LogP contribution >= 0.6 is 0 Å². The molecule has 0 aliphatic carbocycles. The van der Waals surface area contributed by atoms with Crippen molar-refractivity contribution in [1.29, 1.82) is 0 Å². The van der Waals surface area contributed by atoms with Gasteiger partial charge in [-0.1, -0.05) is 54.5 Å². The van der Waals surface area contributed by atoms with Crippen LogP contribution in [0.4, 0.5) is 0 Å². The van der Waals surface area contributed by atoms with E-state index in [0.717, 1.165) is 57.5 Å². The summed E-state index contributed by atoms with van der Waals surface area (Å²) in [5.74, 6) is 0.291. The number of carboxylic acid groups (broad SMARTS) is 1. The van der Waals surface area contributed by atoms with Crippen molar-refractivity contribution in [2.24, 2.45) is 0 Å². The zero-order chi connectivity index (χ0) is 20.1. The fourth-order valence-corrected chi connectivity index (χ4v) is 4.46. The predicted molar refractivity (Wildman–Crippen MR) is 115 cm³/mol. The summed E-state index contributed by atoms with van der Waals surface area (Å²) in [5.41, 5.74) is 6.68. The largest absolute Gasteiger partial charge is 0.488 e. The van der Waals surface area contributed by atoms with Crippen LogP contribution in [0.3, 0.4) is 0 Å². The first-order valence-electron chi connectivity index (χ1n) is 10.7. The van der Waals surface area contributed by atoms with E-state index in [9.17, 15) is 4.79 Å². The van der Waals surface area contributed by atoms with Gasteiger partial charge < -0.3 is 14.7 Å². The molecular weight excluding hydrogens is 362 g/mol. The van der Waals surface area contributed by atoms with Gasteiger partial charge in [-0.05, 0) is 55.0 Å². The van der Waals surface area contributed by atoms with Crippen LogP contribution in [0, 0.1) is 0 Å². The number of unbranched alkanes of at least 4 members (excludes halogenated alkanes) is 2. The highest BCUT2D eigenvalue weighted by molar-refractivity contribution is 5.87. The zero-order valence-corrected chi connectivity index (χ0v) is 16.9. The maximum Gasteiger partial charge on any atom is 0.303 e. The van der Waals surface area contributed by atoms with Crippen LogP contribution in [0.2, 0.25) is 0 Å². The second-order valence-electron chi connectivity index (χ2n) is 7.97. The van der Waals surface area contributed by atoms with Crippen molar-refractivity contribution in [3.8, 4) is 5.75 Å². The third-order valence-electron chi connectivity index (χ3n) is 6.00. The van der Waals surface area contributed by atoms with Crippen LogP contribution < -0.4 is 4.74 Å². The molecule has 0 aromatic heterocycles. The summed E-state index contributed by atoms with van der Waals surface area (Å²) >= 11 is 0. The minimum atomic E-state index is -0.688. The Hall–Kier alpha value is -2.59. The number of hydrogen-bond acceptors (Lipinski definition) is 3. The standard InChI is InChI=1S/C25H29NO3/c27-24(28)12-2-1-7-15-26-16-13-19(14-17-26)25-21-9-4-3-8-20(21)18-29-23-11-6-5-10-22(23)25/h3-6,8-11H,1-2,7,12-18H2,(H,27,28). The third-order valence-corrected chi connectivity index (χ3v) is 6.00. The Morgan fingerprint density at radius 3 is 2.45 bits per heavy atom. The molecule has 0 radical (unpaired) electrons. The van der Waals surface area contributed by atoms with Crippen LogP contribution in [-0.2, 0) is 11.4 Å². The number of ether oxygens (including phenoxy) is 1. The number of piperidine rings is 1. The Bertz CT molecular complexity index is 843. The summed E-state index contributed by atoms with van der Waals surface area (Å²) in [6, 6.07) is 17.0. The summed E-state index contributed by atoms with van der Waals surface area (Å²) in [6.45, 7) is 3.83. The molecule has 0 atom stereocenters. The molecule has 4 rings (SSSR count). The van der Waals surface area contributed by atoms with Crippen LogP contribution in [-0.4, -0.2) is 35.6 Å². The van der Waals surface area contributed by atoms with Gasteiger partial charge in [0.2, 0.25) is 0 Å². The van der Waals surface area contributed by atoms with Gasteiger partial charge >= 0.3 is 5.97 Å². The van der Waals surface area contributed by atoms with Gasteiger partial charge in [-0.15, -0.1) is 0 Å². The Morgan fingerprint density at radius 2 is 1.66 bits per heavy atom. The summed E-state index contributed by atoms with van der Waals surface area (Å²) in [6.07, 6.45) is 5.30. The Morgan fingerprint density at radius 1 is 0.931 bits per heavy atom. The second-order valence-corrected chi connectivity index (χ2v) is 7.97. The molecule has 1 fully saturated rings. The molecule has 2 aromatic rings.